The van der Waals surface area contributed by atoms with E-state index in [4.69, 9.17) is 14.2 Å². The van der Waals surface area contributed by atoms with Crippen LogP contribution < -0.4 is 18.8 Å². The fourth-order valence-electron chi connectivity index (χ4n) is 3.15. The maximum atomic E-state index is 5.46. The molecule has 6 heteroatoms. The van der Waals surface area contributed by atoms with Crippen molar-refractivity contribution < 1.29 is 18.8 Å². The molecule has 0 aliphatic rings. The standard InChI is InChI=1S/C22H26N3O3/c1-5-21-24(11-12-25(21)23-15-17-9-7-6-8-10-17)16-18-13-19(26-2)22(28-4)20(14-18)27-3/h6-15H,5,16H2,1-4H3/q+1/b23-15+. The lowest BCUT2D eigenvalue weighted by Crippen LogP contribution is -2.37. The van der Waals surface area contributed by atoms with Gasteiger partial charge >= 0.3 is 0 Å². The third kappa shape index (κ3) is 4.17. The molecule has 0 radical (unpaired) electrons. The molecule has 0 fully saturated rings. The van der Waals surface area contributed by atoms with Gasteiger partial charge in [0.25, 0.3) is 5.82 Å². The van der Waals surface area contributed by atoms with Crippen molar-refractivity contribution in [3.8, 4) is 17.2 Å². The highest BCUT2D eigenvalue weighted by atomic mass is 16.5. The summed E-state index contributed by atoms with van der Waals surface area (Å²) in [5.74, 6) is 2.99. The van der Waals surface area contributed by atoms with Crippen LogP contribution in [-0.2, 0) is 13.0 Å². The molecule has 0 spiro atoms. The number of imidazole rings is 1. The monoisotopic (exact) mass is 380 g/mol. The molecule has 3 rings (SSSR count). The maximum absolute atomic E-state index is 5.46. The molecule has 146 valence electrons. The van der Waals surface area contributed by atoms with Gasteiger partial charge in [-0.2, -0.15) is 0 Å². The Balaban J connectivity index is 1.89. The Hall–Kier alpha value is -3.28. The van der Waals surface area contributed by atoms with Gasteiger partial charge in [-0.3, -0.25) is 0 Å². The number of rotatable bonds is 8. The van der Waals surface area contributed by atoms with Crippen molar-refractivity contribution in [3.05, 3.63) is 71.8 Å². The van der Waals surface area contributed by atoms with E-state index in [2.05, 4.69) is 16.6 Å². The number of nitrogens with zero attached hydrogens (tertiary/aromatic N) is 3. The third-order valence-corrected chi connectivity index (χ3v) is 4.51. The molecule has 0 bridgehead atoms. The first-order chi connectivity index (χ1) is 13.7. The summed E-state index contributed by atoms with van der Waals surface area (Å²) < 4.78 is 20.4. The normalized spacial score (nSPS) is 11.0. The molecular weight excluding hydrogens is 354 g/mol. The van der Waals surface area contributed by atoms with Gasteiger partial charge in [0, 0.05) is 12.0 Å². The van der Waals surface area contributed by atoms with Crippen LogP contribution in [0.4, 0.5) is 0 Å². The lowest BCUT2D eigenvalue weighted by molar-refractivity contribution is -0.695. The summed E-state index contributed by atoms with van der Waals surface area (Å²) in [6.45, 7) is 2.79. The van der Waals surface area contributed by atoms with Crippen LogP contribution >= 0.6 is 0 Å². The van der Waals surface area contributed by atoms with Crippen LogP contribution in [0.2, 0.25) is 0 Å². The molecule has 0 aliphatic carbocycles. The largest absolute Gasteiger partial charge is 0.493 e. The Kier molecular flexibility index (Phi) is 6.32. The van der Waals surface area contributed by atoms with Crippen LogP contribution in [0, 0.1) is 0 Å². The number of ether oxygens (including phenoxy) is 3. The van der Waals surface area contributed by atoms with E-state index < -0.39 is 0 Å². The van der Waals surface area contributed by atoms with E-state index in [0.717, 1.165) is 23.4 Å². The number of benzene rings is 2. The molecule has 0 N–H and O–H groups in total. The number of aromatic nitrogens is 2. The minimum atomic E-state index is 0.597. The van der Waals surface area contributed by atoms with Crippen molar-refractivity contribution in [3.63, 3.8) is 0 Å². The minimum absolute atomic E-state index is 0.597. The van der Waals surface area contributed by atoms with Gasteiger partial charge in [-0.25, -0.2) is 4.57 Å². The zero-order chi connectivity index (χ0) is 19.9. The topological polar surface area (TPSA) is 48.9 Å². The molecule has 6 nitrogen and oxygen atoms in total. The predicted octanol–water partition coefficient (Wildman–Crippen LogP) is 3.29. The van der Waals surface area contributed by atoms with Crippen molar-refractivity contribution in [2.24, 2.45) is 5.10 Å². The number of hydrogen-bond donors (Lipinski definition) is 0. The van der Waals surface area contributed by atoms with Crippen LogP contribution in [0.15, 0.2) is 60.0 Å². The quantitative estimate of drug-likeness (QED) is 0.445. The van der Waals surface area contributed by atoms with Crippen LogP contribution in [0.25, 0.3) is 0 Å². The van der Waals surface area contributed by atoms with E-state index in [1.165, 1.54) is 0 Å². The zero-order valence-electron chi connectivity index (χ0n) is 16.8. The Morgan fingerprint density at radius 3 is 2.25 bits per heavy atom. The second-order valence-corrected chi connectivity index (χ2v) is 6.23. The summed E-state index contributed by atoms with van der Waals surface area (Å²) in [4.78, 5) is 0. The van der Waals surface area contributed by atoms with E-state index in [9.17, 15) is 0 Å². The molecule has 1 aromatic heterocycles. The summed E-state index contributed by atoms with van der Waals surface area (Å²) >= 11 is 0. The Morgan fingerprint density at radius 1 is 1.00 bits per heavy atom. The van der Waals surface area contributed by atoms with E-state index in [1.807, 2.05) is 65.7 Å². The van der Waals surface area contributed by atoms with Gasteiger partial charge in [-0.15, -0.1) is 4.68 Å². The minimum Gasteiger partial charge on any atom is -0.493 e. The molecule has 0 amide bonds. The molecule has 0 unspecified atom stereocenters. The Labute approximate surface area is 165 Å². The Morgan fingerprint density at radius 2 is 1.68 bits per heavy atom. The third-order valence-electron chi connectivity index (χ3n) is 4.51. The van der Waals surface area contributed by atoms with Crippen molar-refractivity contribution in [1.29, 1.82) is 0 Å². The first-order valence-electron chi connectivity index (χ1n) is 9.18. The van der Waals surface area contributed by atoms with Crippen LogP contribution in [0.5, 0.6) is 17.2 Å². The van der Waals surface area contributed by atoms with Crippen LogP contribution in [-0.4, -0.2) is 32.2 Å². The summed E-state index contributed by atoms with van der Waals surface area (Å²) in [6, 6.07) is 14.0. The smallest absolute Gasteiger partial charge is 0.282 e. The van der Waals surface area contributed by atoms with E-state index in [0.29, 0.717) is 23.8 Å². The zero-order valence-corrected chi connectivity index (χ0v) is 16.8. The molecule has 3 aromatic rings. The van der Waals surface area contributed by atoms with Gasteiger partial charge in [-0.05, 0) is 17.7 Å². The summed E-state index contributed by atoms with van der Waals surface area (Å²) in [7, 11) is 4.86. The van der Waals surface area contributed by atoms with Gasteiger partial charge in [-0.1, -0.05) is 42.4 Å². The summed E-state index contributed by atoms with van der Waals surface area (Å²) in [5, 5.41) is 4.61. The average Bonchev–Trinajstić information content (AvgIpc) is 3.13. The van der Waals surface area contributed by atoms with Crippen molar-refractivity contribution in [1.82, 2.24) is 4.68 Å². The van der Waals surface area contributed by atoms with Crippen LogP contribution in [0.1, 0.15) is 23.9 Å². The van der Waals surface area contributed by atoms with Gasteiger partial charge in [0.2, 0.25) is 5.75 Å². The second-order valence-electron chi connectivity index (χ2n) is 6.23. The predicted molar refractivity (Wildman–Crippen MR) is 109 cm³/mol. The lowest BCUT2D eigenvalue weighted by Gasteiger charge is -2.13. The second kappa shape index (κ2) is 9.08. The highest BCUT2D eigenvalue weighted by Crippen LogP contribution is 2.38. The van der Waals surface area contributed by atoms with Crippen LogP contribution in [0.3, 0.4) is 0 Å². The SMILES string of the molecule is CCc1n(/N=C/c2ccccc2)cc[n+]1Cc1cc(OC)c(OC)c(OC)c1. The average molecular weight is 380 g/mol. The molecule has 0 saturated heterocycles. The molecule has 0 atom stereocenters. The van der Waals surface area contributed by atoms with Gasteiger partial charge < -0.3 is 14.2 Å². The Bertz CT molecular complexity index is 924. The molecule has 28 heavy (non-hydrogen) atoms. The molecule has 0 aliphatic heterocycles. The van der Waals surface area contributed by atoms with Gasteiger partial charge in [0.15, 0.2) is 17.7 Å². The molecule has 1 heterocycles. The molecule has 2 aromatic carbocycles. The van der Waals surface area contributed by atoms with Gasteiger partial charge in [0.1, 0.15) is 12.7 Å². The summed E-state index contributed by atoms with van der Waals surface area (Å²) in [5.41, 5.74) is 2.12. The number of methoxy groups -OCH3 is 3. The fraction of sp³-hybridized carbons (Fsp3) is 0.273. The van der Waals surface area contributed by atoms with E-state index in [1.54, 1.807) is 21.3 Å². The summed E-state index contributed by atoms with van der Waals surface area (Å²) in [6.07, 6.45) is 6.72. The van der Waals surface area contributed by atoms with E-state index >= 15 is 0 Å². The van der Waals surface area contributed by atoms with Crippen molar-refractivity contribution in [2.75, 3.05) is 21.3 Å². The molecule has 0 saturated carbocycles. The maximum Gasteiger partial charge on any atom is 0.282 e. The van der Waals surface area contributed by atoms with Gasteiger partial charge in [0.05, 0.1) is 27.5 Å². The molecular formula is C22H26N3O3+. The lowest BCUT2D eigenvalue weighted by atomic mass is 10.1. The number of hydrogen-bond acceptors (Lipinski definition) is 4. The highest BCUT2D eigenvalue weighted by molar-refractivity contribution is 5.79. The van der Waals surface area contributed by atoms with Crippen molar-refractivity contribution in [2.45, 2.75) is 19.9 Å². The fourth-order valence-corrected chi connectivity index (χ4v) is 3.15. The van der Waals surface area contributed by atoms with Crippen molar-refractivity contribution >= 4 is 6.21 Å². The first-order valence-corrected chi connectivity index (χ1v) is 9.18. The first kappa shape index (κ1) is 19.5. The highest BCUT2D eigenvalue weighted by Gasteiger charge is 2.18. The van der Waals surface area contributed by atoms with E-state index in [-0.39, 0.29) is 0 Å².